The minimum Gasteiger partial charge on any atom is -0.461 e. The van der Waals surface area contributed by atoms with Gasteiger partial charge in [0, 0.05) is 15.8 Å². The summed E-state index contributed by atoms with van der Waals surface area (Å²) in [7, 11) is 0. The molecule has 1 unspecified atom stereocenters. The summed E-state index contributed by atoms with van der Waals surface area (Å²) in [4.78, 5) is 13.5. The molecule has 0 fully saturated rings. The van der Waals surface area contributed by atoms with E-state index in [0.717, 1.165) is 12.0 Å². The van der Waals surface area contributed by atoms with E-state index in [1.807, 2.05) is 19.1 Å². The first-order chi connectivity index (χ1) is 10.1. The summed E-state index contributed by atoms with van der Waals surface area (Å²) in [6, 6.07) is 13.6. The van der Waals surface area contributed by atoms with Crippen molar-refractivity contribution in [2.24, 2.45) is 0 Å². The van der Waals surface area contributed by atoms with Gasteiger partial charge in [0.2, 0.25) is 0 Å². The molecule has 0 amide bonds. The molecule has 0 spiro atoms. The van der Waals surface area contributed by atoms with Crippen LogP contribution in [0.4, 0.5) is 5.69 Å². The highest BCUT2D eigenvalue weighted by Crippen LogP contribution is 2.36. The van der Waals surface area contributed by atoms with Crippen LogP contribution in [0.3, 0.4) is 0 Å². The van der Waals surface area contributed by atoms with Crippen molar-refractivity contribution >= 4 is 23.4 Å². The van der Waals surface area contributed by atoms with Crippen molar-refractivity contribution in [1.82, 2.24) is 0 Å². The molecule has 21 heavy (non-hydrogen) atoms. The van der Waals surface area contributed by atoms with Crippen LogP contribution in [0.2, 0.25) is 0 Å². The van der Waals surface area contributed by atoms with Crippen molar-refractivity contribution in [3.63, 3.8) is 0 Å². The molecule has 3 nitrogen and oxygen atoms in total. The van der Waals surface area contributed by atoms with Gasteiger partial charge in [-0.15, -0.1) is 11.8 Å². The van der Waals surface area contributed by atoms with Crippen molar-refractivity contribution in [3.05, 3.63) is 59.2 Å². The van der Waals surface area contributed by atoms with Gasteiger partial charge in [-0.25, -0.2) is 4.79 Å². The predicted octanol–water partition coefficient (Wildman–Crippen LogP) is 3.45. The number of hydrogen-bond donors (Lipinski definition) is 1. The molecule has 4 heteroatoms. The average molecular weight is 299 g/mol. The van der Waals surface area contributed by atoms with Gasteiger partial charge in [0.05, 0.1) is 5.56 Å². The molecule has 0 aliphatic carbocycles. The molecule has 1 heterocycles. The van der Waals surface area contributed by atoms with E-state index < -0.39 is 0 Å². The van der Waals surface area contributed by atoms with Crippen LogP contribution in [0.25, 0.3) is 0 Å². The first-order valence-electron chi connectivity index (χ1n) is 6.92. The van der Waals surface area contributed by atoms with Crippen molar-refractivity contribution in [3.8, 4) is 0 Å². The summed E-state index contributed by atoms with van der Waals surface area (Å²) >= 11 is 1.78. The lowest BCUT2D eigenvalue weighted by molar-refractivity contribution is 0.0506. The lowest BCUT2D eigenvalue weighted by Crippen LogP contribution is -2.16. The van der Waals surface area contributed by atoms with Crippen LogP contribution in [-0.2, 0) is 11.2 Å². The molecule has 2 aromatic rings. The van der Waals surface area contributed by atoms with Crippen LogP contribution < -0.4 is 5.73 Å². The second-order valence-electron chi connectivity index (χ2n) is 5.17. The molecule has 0 aromatic heterocycles. The number of carbonyl (C=O) groups is 1. The van der Waals surface area contributed by atoms with E-state index in [1.165, 1.54) is 10.5 Å². The van der Waals surface area contributed by atoms with Gasteiger partial charge in [-0.3, -0.25) is 0 Å². The van der Waals surface area contributed by atoms with Gasteiger partial charge in [0.25, 0.3) is 0 Å². The number of esters is 1. The summed E-state index contributed by atoms with van der Waals surface area (Å²) in [5.74, 6) is -0.295. The molecule has 1 aliphatic heterocycles. The van der Waals surface area contributed by atoms with E-state index in [4.69, 9.17) is 10.5 Å². The number of ether oxygens (including phenoxy) is 1. The van der Waals surface area contributed by atoms with Crippen molar-refractivity contribution < 1.29 is 9.53 Å². The Labute approximate surface area is 128 Å². The maximum atomic E-state index is 12.2. The second kappa shape index (κ2) is 5.82. The number of rotatable bonds is 3. The highest BCUT2D eigenvalue weighted by molar-refractivity contribution is 8.00. The first kappa shape index (κ1) is 14.0. The van der Waals surface area contributed by atoms with Crippen LogP contribution in [-0.4, -0.2) is 17.8 Å². The molecule has 0 radical (unpaired) electrons. The van der Waals surface area contributed by atoms with Crippen LogP contribution in [0.5, 0.6) is 0 Å². The molecular weight excluding hydrogens is 282 g/mol. The Balaban J connectivity index is 1.62. The summed E-state index contributed by atoms with van der Waals surface area (Å²) < 4.78 is 5.46. The topological polar surface area (TPSA) is 52.3 Å². The molecule has 1 aliphatic rings. The highest BCUT2D eigenvalue weighted by Gasteiger charge is 2.23. The maximum Gasteiger partial charge on any atom is 0.338 e. The molecule has 0 saturated carbocycles. The smallest absolute Gasteiger partial charge is 0.338 e. The normalized spacial score (nSPS) is 16.5. The zero-order valence-electron chi connectivity index (χ0n) is 11.8. The maximum absolute atomic E-state index is 12.2. The molecule has 108 valence electrons. The Bertz CT molecular complexity index is 659. The van der Waals surface area contributed by atoms with Crippen LogP contribution in [0.15, 0.2) is 47.4 Å². The van der Waals surface area contributed by atoms with Gasteiger partial charge in [-0.2, -0.15) is 0 Å². The van der Waals surface area contributed by atoms with Crippen molar-refractivity contribution in [2.45, 2.75) is 23.5 Å². The summed E-state index contributed by atoms with van der Waals surface area (Å²) in [6.45, 7) is 2.26. The van der Waals surface area contributed by atoms with Gasteiger partial charge >= 0.3 is 5.97 Å². The average Bonchev–Trinajstić information content (AvgIpc) is 2.90. The fourth-order valence-electron chi connectivity index (χ4n) is 2.47. The molecular formula is C17H17NO2S. The molecule has 1 atom stereocenters. The SMILES string of the molecule is Cc1c(N)cccc1C(=O)OCC1Cc2ccccc2S1. The van der Waals surface area contributed by atoms with E-state index in [0.29, 0.717) is 23.1 Å². The monoisotopic (exact) mass is 299 g/mol. The van der Waals surface area contributed by atoms with Crippen LogP contribution in [0, 0.1) is 6.92 Å². The zero-order valence-corrected chi connectivity index (χ0v) is 12.7. The second-order valence-corrected chi connectivity index (χ2v) is 6.51. The molecule has 2 aromatic carbocycles. The predicted molar refractivity (Wildman–Crippen MR) is 85.7 cm³/mol. The fraction of sp³-hybridized carbons (Fsp3) is 0.235. The van der Waals surface area contributed by atoms with E-state index >= 15 is 0 Å². The largest absolute Gasteiger partial charge is 0.461 e. The van der Waals surface area contributed by atoms with Gasteiger partial charge in [-0.1, -0.05) is 24.3 Å². The Morgan fingerprint density at radius 1 is 1.29 bits per heavy atom. The van der Waals surface area contributed by atoms with Crippen LogP contribution >= 0.6 is 11.8 Å². The summed E-state index contributed by atoms with van der Waals surface area (Å²) in [5.41, 5.74) is 9.11. The number of benzene rings is 2. The Morgan fingerprint density at radius 3 is 2.90 bits per heavy atom. The molecule has 0 bridgehead atoms. The van der Waals surface area contributed by atoms with E-state index in [-0.39, 0.29) is 5.97 Å². The van der Waals surface area contributed by atoms with E-state index in [1.54, 1.807) is 30.0 Å². The summed E-state index contributed by atoms with van der Waals surface area (Å²) in [5, 5.41) is 0.299. The Kier molecular flexibility index (Phi) is 3.88. The molecule has 2 N–H and O–H groups in total. The standard InChI is InChI=1S/C17H17NO2S/c1-11-14(6-4-7-15(11)18)17(19)20-10-13-9-12-5-2-3-8-16(12)21-13/h2-8,13H,9-10,18H2,1H3. The fourth-order valence-corrected chi connectivity index (χ4v) is 3.69. The van der Waals surface area contributed by atoms with Gasteiger partial charge in [0.15, 0.2) is 0 Å². The Morgan fingerprint density at radius 2 is 2.10 bits per heavy atom. The number of fused-ring (bicyclic) bond motifs is 1. The number of nitrogen functional groups attached to an aromatic ring is 1. The molecule has 0 saturated heterocycles. The number of nitrogens with two attached hydrogens (primary N) is 1. The van der Waals surface area contributed by atoms with Gasteiger partial charge in [0.1, 0.15) is 6.61 Å². The third-order valence-corrected chi connectivity index (χ3v) is 5.00. The minimum absolute atomic E-state index is 0.295. The van der Waals surface area contributed by atoms with Gasteiger partial charge in [-0.05, 0) is 42.7 Å². The van der Waals surface area contributed by atoms with Crippen molar-refractivity contribution in [2.75, 3.05) is 12.3 Å². The first-order valence-corrected chi connectivity index (χ1v) is 7.80. The molecule has 3 rings (SSSR count). The number of carbonyl (C=O) groups excluding carboxylic acids is 1. The van der Waals surface area contributed by atoms with Crippen LogP contribution in [0.1, 0.15) is 21.5 Å². The highest BCUT2D eigenvalue weighted by atomic mass is 32.2. The quantitative estimate of drug-likeness (QED) is 0.696. The van der Waals surface area contributed by atoms with Gasteiger partial charge < -0.3 is 10.5 Å². The third kappa shape index (κ3) is 2.90. The van der Waals surface area contributed by atoms with E-state index in [9.17, 15) is 4.79 Å². The van der Waals surface area contributed by atoms with Crippen molar-refractivity contribution in [1.29, 1.82) is 0 Å². The number of anilines is 1. The number of thioether (sulfide) groups is 1. The van der Waals surface area contributed by atoms with E-state index in [2.05, 4.69) is 12.1 Å². The summed E-state index contributed by atoms with van der Waals surface area (Å²) in [6.07, 6.45) is 0.948. The lowest BCUT2D eigenvalue weighted by Gasteiger charge is -2.11. The minimum atomic E-state index is -0.295. The zero-order chi connectivity index (χ0) is 14.8. The number of hydrogen-bond acceptors (Lipinski definition) is 4. The third-order valence-electron chi connectivity index (χ3n) is 3.71. The Hall–Kier alpha value is -1.94. The lowest BCUT2D eigenvalue weighted by atomic mass is 10.1.